The van der Waals surface area contributed by atoms with E-state index in [1.54, 1.807) is 6.20 Å². The Bertz CT molecular complexity index is 302. The maximum absolute atomic E-state index is 8.86. The molecule has 0 fully saturated rings. The van der Waals surface area contributed by atoms with Crippen LogP contribution in [0.3, 0.4) is 0 Å². The summed E-state index contributed by atoms with van der Waals surface area (Å²) < 4.78 is 0. The predicted molar refractivity (Wildman–Crippen MR) is 55.4 cm³/mol. The van der Waals surface area contributed by atoms with E-state index < -0.39 is 0 Å². The van der Waals surface area contributed by atoms with E-state index >= 15 is 0 Å². The van der Waals surface area contributed by atoms with Crippen LogP contribution in [-0.2, 0) is 6.54 Å². The summed E-state index contributed by atoms with van der Waals surface area (Å²) in [5.41, 5.74) is 1.00. The number of hydrogen-bond donors (Lipinski definition) is 0. The second-order valence-electron chi connectivity index (χ2n) is 3.29. The average molecular weight is 189 g/mol. The topological polar surface area (TPSA) is 39.9 Å². The van der Waals surface area contributed by atoms with Crippen molar-refractivity contribution in [2.45, 2.75) is 25.9 Å². The van der Waals surface area contributed by atoms with Crippen molar-refractivity contribution in [3.05, 3.63) is 30.1 Å². The van der Waals surface area contributed by atoms with Crippen molar-refractivity contribution in [2.24, 2.45) is 0 Å². The number of aromatic nitrogens is 1. The summed E-state index contributed by atoms with van der Waals surface area (Å²) in [5, 5.41) is 8.86. The first-order valence-electron chi connectivity index (χ1n) is 4.77. The summed E-state index contributed by atoms with van der Waals surface area (Å²) in [4.78, 5) is 6.23. The molecule has 0 saturated carbocycles. The van der Waals surface area contributed by atoms with Crippen LogP contribution in [0.4, 0.5) is 0 Å². The molecule has 1 aromatic heterocycles. The zero-order valence-corrected chi connectivity index (χ0v) is 8.64. The van der Waals surface area contributed by atoms with Crippen LogP contribution in [0.15, 0.2) is 24.4 Å². The van der Waals surface area contributed by atoms with Gasteiger partial charge >= 0.3 is 0 Å². The SMILES string of the molecule is CCC(C#N)N(C)Cc1ccccn1. The van der Waals surface area contributed by atoms with Crippen molar-refractivity contribution in [3.8, 4) is 6.07 Å². The molecule has 74 valence electrons. The average Bonchev–Trinajstić information content (AvgIpc) is 2.21. The Hall–Kier alpha value is -1.40. The van der Waals surface area contributed by atoms with Gasteiger partial charge < -0.3 is 0 Å². The first kappa shape index (κ1) is 10.7. The second-order valence-corrected chi connectivity index (χ2v) is 3.29. The monoisotopic (exact) mass is 189 g/mol. The third-order valence-corrected chi connectivity index (χ3v) is 2.21. The Kier molecular flexibility index (Phi) is 4.09. The third kappa shape index (κ3) is 2.82. The Morgan fingerprint density at radius 2 is 2.36 bits per heavy atom. The summed E-state index contributed by atoms with van der Waals surface area (Å²) in [6.07, 6.45) is 2.62. The minimum atomic E-state index is -0.0167. The lowest BCUT2D eigenvalue weighted by molar-refractivity contribution is 0.270. The molecule has 0 bridgehead atoms. The van der Waals surface area contributed by atoms with Gasteiger partial charge in [0.25, 0.3) is 0 Å². The second kappa shape index (κ2) is 5.36. The molecule has 3 nitrogen and oxygen atoms in total. The highest BCUT2D eigenvalue weighted by Crippen LogP contribution is 2.05. The van der Waals surface area contributed by atoms with Gasteiger partial charge in [-0.2, -0.15) is 5.26 Å². The van der Waals surface area contributed by atoms with Crippen LogP contribution in [0.5, 0.6) is 0 Å². The van der Waals surface area contributed by atoms with Crippen molar-refractivity contribution in [3.63, 3.8) is 0 Å². The van der Waals surface area contributed by atoms with Gasteiger partial charge in [0.05, 0.1) is 17.8 Å². The van der Waals surface area contributed by atoms with Crippen LogP contribution in [0, 0.1) is 11.3 Å². The van der Waals surface area contributed by atoms with E-state index in [1.165, 1.54) is 0 Å². The zero-order chi connectivity index (χ0) is 10.4. The number of nitrogens with zero attached hydrogens (tertiary/aromatic N) is 3. The van der Waals surface area contributed by atoms with E-state index in [1.807, 2.05) is 37.1 Å². The highest BCUT2D eigenvalue weighted by Gasteiger charge is 2.11. The van der Waals surface area contributed by atoms with E-state index in [0.717, 1.165) is 18.7 Å². The highest BCUT2D eigenvalue weighted by atomic mass is 15.1. The molecule has 0 N–H and O–H groups in total. The Morgan fingerprint density at radius 1 is 1.57 bits per heavy atom. The molecule has 1 aromatic rings. The van der Waals surface area contributed by atoms with Gasteiger partial charge in [0.2, 0.25) is 0 Å². The number of rotatable bonds is 4. The number of nitriles is 1. The van der Waals surface area contributed by atoms with Gasteiger partial charge in [-0.3, -0.25) is 9.88 Å². The maximum Gasteiger partial charge on any atom is 0.0976 e. The molecule has 0 aliphatic rings. The Labute approximate surface area is 85.0 Å². The summed E-state index contributed by atoms with van der Waals surface area (Å²) in [7, 11) is 1.95. The van der Waals surface area contributed by atoms with Crippen LogP contribution in [0.25, 0.3) is 0 Å². The molecular formula is C11H15N3. The fourth-order valence-corrected chi connectivity index (χ4v) is 1.36. The molecule has 0 saturated heterocycles. The van der Waals surface area contributed by atoms with E-state index in [9.17, 15) is 0 Å². The van der Waals surface area contributed by atoms with E-state index in [4.69, 9.17) is 5.26 Å². The lowest BCUT2D eigenvalue weighted by Crippen LogP contribution is -2.29. The highest BCUT2D eigenvalue weighted by molar-refractivity contribution is 5.04. The summed E-state index contributed by atoms with van der Waals surface area (Å²) in [6.45, 7) is 2.75. The fourth-order valence-electron chi connectivity index (χ4n) is 1.36. The molecule has 1 rings (SSSR count). The standard InChI is InChI=1S/C11H15N3/c1-3-11(8-12)14(2)9-10-6-4-5-7-13-10/h4-7,11H,3,9H2,1-2H3. The van der Waals surface area contributed by atoms with Gasteiger partial charge in [-0.15, -0.1) is 0 Å². The molecule has 0 spiro atoms. The quantitative estimate of drug-likeness (QED) is 0.725. The summed E-state index contributed by atoms with van der Waals surface area (Å²) >= 11 is 0. The minimum absolute atomic E-state index is 0.0167. The molecule has 0 aromatic carbocycles. The van der Waals surface area contributed by atoms with E-state index in [-0.39, 0.29) is 6.04 Å². The lowest BCUT2D eigenvalue weighted by atomic mass is 10.2. The normalized spacial score (nSPS) is 12.4. The molecule has 1 unspecified atom stereocenters. The number of pyridine rings is 1. The van der Waals surface area contributed by atoms with Crippen molar-refractivity contribution in [1.82, 2.24) is 9.88 Å². The zero-order valence-electron chi connectivity index (χ0n) is 8.64. The molecule has 1 atom stereocenters. The first-order valence-corrected chi connectivity index (χ1v) is 4.77. The van der Waals surface area contributed by atoms with Gasteiger partial charge in [0.1, 0.15) is 0 Å². The van der Waals surface area contributed by atoms with Crippen LogP contribution in [-0.4, -0.2) is 23.0 Å². The minimum Gasteiger partial charge on any atom is -0.285 e. The van der Waals surface area contributed by atoms with E-state index in [0.29, 0.717) is 0 Å². The van der Waals surface area contributed by atoms with Gasteiger partial charge in [0, 0.05) is 12.7 Å². The Balaban J connectivity index is 2.57. The molecule has 14 heavy (non-hydrogen) atoms. The van der Waals surface area contributed by atoms with Crippen molar-refractivity contribution in [1.29, 1.82) is 5.26 Å². The van der Waals surface area contributed by atoms with Crippen LogP contribution >= 0.6 is 0 Å². The molecule has 3 heteroatoms. The molecular weight excluding hydrogens is 174 g/mol. The smallest absolute Gasteiger partial charge is 0.0976 e. The van der Waals surface area contributed by atoms with Crippen molar-refractivity contribution in [2.75, 3.05) is 7.05 Å². The molecule has 0 aliphatic heterocycles. The fraction of sp³-hybridized carbons (Fsp3) is 0.455. The largest absolute Gasteiger partial charge is 0.285 e. The number of hydrogen-bond acceptors (Lipinski definition) is 3. The predicted octanol–water partition coefficient (Wildman–Crippen LogP) is 1.82. The van der Waals surface area contributed by atoms with Gasteiger partial charge in [0.15, 0.2) is 0 Å². The maximum atomic E-state index is 8.86. The van der Waals surface area contributed by atoms with Crippen LogP contribution in [0.2, 0.25) is 0 Å². The van der Waals surface area contributed by atoms with Crippen molar-refractivity contribution < 1.29 is 0 Å². The van der Waals surface area contributed by atoms with E-state index in [2.05, 4.69) is 11.1 Å². The van der Waals surface area contributed by atoms with Crippen LogP contribution in [0.1, 0.15) is 19.0 Å². The molecule has 0 amide bonds. The third-order valence-electron chi connectivity index (χ3n) is 2.21. The van der Waals surface area contributed by atoms with Gasteiger partial charge in [-0.05, 0) is 25.6 Å². The molecule has 0 aliphatic carbocycles. The Morgan fingerprint density at radius 3 is 2.86 bits per heavy atom. The first-order chi connectivity index (χ1) is 6.77. The molecule has 1 heterocycles. The lowest BCUT2D eigenvalue weighted by Gasteiger charge is -2.20. The summed E-state index contributed by atoms with van der Waals surface area (Å²) in [5.74, 6) is 0. The van der Waals surface area contributed by atoms with Gasteiger partial charge in [-0.25, -0.2) is 0 Å². The summed E-state index contributed by atoms with van der Waals surface area (Å²) in [6, 6.07) is 8.08. The van der Waals surface area contributed by atoms with Crippen molar-refractivity contribution >= 4 is 0 Å². The van der Waals surface area contributed by atoms with Crippen LogP contribution < -0.4 is 0 Å². The molecule has 0 radical (unpaired) electrons. The van der Waals surface area contributed by atoms with Gasteiger partial charge in [-0.1, -0.05) is 13.0 Å².